The second-order valence-electron chi connectivity index (χ2n) is 4.31. The molecule has 17 heavy (non-hydrogen) atoms. The third-order valence-electron chi connectivity index (χ3n) is 2.28. The normalized spacial score (nSPS) is 10.4. The summed E-state index contributed by atoms with van der Waals surface area (Å²) in [5.41, 5.74) is 0.752. The molecule has 0 saturated heterocycles. The number of para-hydroxylation sites is 2. The molecule has 94 valence electrons. The number of amides is 1. The number of hydrogen-bond donors (Lipinski definition) is 1. The maximum atomic E-state index is 11.6. The Morgan fingerprint density at radius 2 is 2.06 bits per heavy atom. The fourth-order valence-corrected chi connectivity index (χ4v) is 1.48. The lowest BCUT2D eigenvalue weighted by atomic mass is 10.2. The third-order valence-corrected chi connectivity index (χ3v) is 2.28. The molecular formula is C14H21NO2. The standard InChI is InChI=1S/C14H21NO2/c1-4-5-10-14(16)15-12-8-6-7-9-13(12)17-11(2)3/h6-9,11H,4-5,10H2,1-3H3,(H,15,16). The van der Waals surface area contributed by atoms with Crippen LogP contribution >= 0.6 is 0 Å². The van der Waals surface area contributed by atoms with Crippen LogP contribution in [0.25, 0.3) is 0 Å². The van der Waals surface area contributed by atoms with Gasteiger partial charge < -0.3 is 10.1 Å². The molecule has 0 atom stereocenters. The van der Waals surface area contributed by atoms with Crippen LogP contribution in [0.4, 0.5) is 5.69 Å². The monoisotopic (exact) mass is 235 g/mol. The summed E-state index contributed by atoms with van der Waals surface area (Å²) in [5.74, 6) is 0.777. The number of benzene rings is 1. The Kier molecular flexibility index (Phi) is 5.53. The van der Waals surface area contributed by atoms with Gasteiger partial charge in [0.15, 0.2) is 0 Å². The fraction of sp³-hybridized carbons (Fsp3) is 0.500. The zero-order chi connectivity index (χ0) is 12.7. The van der Waals surface area contributed by atoms with Crippen LogP contribution in [-0.4, -0.2) is 12.0 Å². The van der Waals surface area contributed by atoms with Gasteiger partial charge in [0, 0.05) is 6.42 Å². The molecule has 1 aromatic carbocycles. The minimum Gasteiger partial charge on any atom is -0.489 e. The average Bonchev–Trinajstić information content (AvgIpc) is 2.28. The number of anilines is 1. The van der Waals surface area contributed by atoms with Crippen molar-refractivity contribution >= 4 is 11.6 Å². The van der Waals surface area contributed by atoms with E-state index < -0.39 is 0 Å². The van der Waals surface area contributed by atoms with E-state index in [1.165, 1.54) is 0 Å². The van der Waals surface area contributed by atoms with Gasteiger partial charge in [0.25, 0.3) is 0 Å². The highest BCUT2D eigenvalue weighted by atomic mass is 16.5. The summed E-state index contributed by atoms with van der Waals surface area (Å²) in [6.07, 6.45) is 2.60. The molecule has 0 saturated carbocycles. The summed E-state index contributed by atoms with van der Waals surface area (Å²) in [5, 5.41) is 2.89. The van der Waals surface area contributed by atoms with Crippen LogP contribution in [0.5, 0.6) is 5.75 Å². The first-order chi connectivity index (χ1) is 8.13. The van der Waals surface area contributed by atoms with Gasteiger partial charge >= 0.3 is 0 Å². The molecule has 0 radical (unpaired) electrons. The van der Waals surface area contributed by atoms with E-state index in [2.05, 4.69) is 12.2 Å². The summed E-state index contributed by atoms with van der Waals surface area (Å²) in [6.45, 7) is 6.01. The van der Waals surface area contributed by atoms with Crippen molar-refractivity contribution in [3.05, 3.63) is 24.3 Å². The third kappa shape index (κ3) is 4.89. The molecule has 1 N–H and O–H groups in total. The second kappa shape index (κ2) is 6.94. The van der Waals surface area contributed by atoms with Crippen LogP contribution in [0, 0.1) is 0 Å². The Bertz CT molecular complexity index is 361. The SMILES string of the molecule is CCCCC(=O)Nc1ccccc1OC(C)C. The smallest absolute Gasteiger partial charge is 0.224 e. The highest BCUT2D eigenvalue weighted by Crippen LogP contribution is 2.25. The van der Waals surface area contributed by atoms with Gasteiger partial charge in [-0.25, -0.2) is 0 Å². The van der Waals surface area contributed by atoms with Crippen molar-refractivity contribution in [2.24, 2.45) is 0 Å². The molecular weight excluding hydrogens is 214 g/mol. The molecule has 0 heterocycles. The largest absolute Gasteiger partial charge is 0.489 e. The summed E-state index contributed by atoms with van der Waals surface area (Å²) in [4.78, 5) is 11.6. The molecule has 0 unspecified atom stereocenters. The lowest BCUT2D eigenvalue weighted by Crippen LogP contribution is -2.13. The minimum absolute atomic E-state index is 0.0478. The van der Waals surface area contributed by atoms with E-state index >= 15 is 0 Å². The molecule has 1 amide bonds. The number of carbonyl (C=O) groups excluding carboxylic acids is 1. The lowest BCUT2D eigenvalue weighted by molar-refractivity contribution is -0.116. The zero-order valence-electron chi connectivity index (χ0n) is 10.8. The molecule has 1 aromatic rings. The Hall–Kier alpha value is -1.51. The van der Waals surface area contributed by atoms with Crippen LogP contribution in [0.1, 0.15) is 40.0 Å². The number of unbranched alkanes of at least 4 members (excludes halogenated alkanes) is 1. The highest BCUT2D eigenvalue weighted by molar-refractivity contribution is 5.92. The summed E-state index contributed by atoms with van der Waals surface area (Å²) >= 11 is 0. The minimum atomic E-state index is 0.0478. The van der Waals surface area contributed by atoms with Gasteiger partial charge in [-0.15, -0.1) is 0 Å². The first-order valence-corrected chi connectivity index (χ1v) is 6.19. The summed E-state index contributed by atoms with van der Waals surface area (Å²) in [6, 6.07) is 7.53. The highest BCUT2D eigenvalue weighted by Gasteiger charge is 2.07. The van der Waals surface area contributed by atoms with Crippen LogP contribution in [0.15, 0.2) is 24.3 Å². The van der Waals surface area contributed by atoms with Crippen molar-refractivity contribution in [3.8, 4) is 5.75 Å². The van der Waals surface area contributed by atoms with Gasteiger partial charge in [0.05, 0.1) is 11.8 Å². The molecule has 3 heteroatoms. The van der Waals surface area contributed by atoms with E-state index in [0.717, 1.165) is 24.3 Å². The van der Waals surface area contributed by atoms with Crippen LogP contribution in [-0.2, 0) is 4.79 Å². The molecule has 0 fully saturated rings. The van der Waals surface area contributed by atoms with E-state index in [4.69, 9.17) is 4.74 Å². The first kappa shape index (κ1) is 13.6. The van der Waals surface area contributed by atoms with Crippen molar-refractivity contribution < 1.29 is 9.53 Å². The summed E-state index contributed by atoms with van der Waals surface area (Å²) in [7, 11) is 0. The second-order valence-corrected chi connectivity index (χ2v) is 4.31. The van der Waals surface area contributed by atoms with E-state index in [9.17, 15) is 4.79 Å². The summed E-state index contributed by atoms with van der Waals surface area (Å²) < 4.78 is 5.64. The van der Waals surface area contributed by atoms with Crippen molar-refractivity contribution in [1.29, 1.82) is 0 Å². The molecule has 0 aliphatic heterocycles. The maximum absolute atomic E-state index is 11.6. The topological polar surface area (TPSA) is 38.3 Å². The number of carbonyl (C=O) groups is 1. The van der Waals surface area contributed by atoms with E-state index in [1.54, 1.807) is 0 Å². The number of hydrogen-bond acceptors (Lipinski definition) is 2. The van der Waals surface area contributed by atoms with Crippen molar-refractivity contribution in [2.45, 2.75) is 46.1 Å². The van der Waals surface area contributed by atoms with Gasteiger partial charge in [0.2, 0.25) is 5.91 Å². The number of nitrogens with one attached hydrogen (secondary N) is 1. The molecule has 0 aliphatic rings. The van der Waals surface area contributed by atoms with Gasteiger partial charge in [0.1, 0.15) is 5.75 Å². The number of ether oxygens (including phenoxy) is 1. The van der Waals surface area contributed by atoms with Crippen LogP contribution < -0.4 is 10.1 Å². The van der Waals surface area contributed by atoms with Crippen molar-refractivity contribution in [2.75, 3.05) is 5.32 Å². The van der Waals surface area contributed by atoms with Gasteiger partial charge in [-0.2, -0.15) is 0 Å². The predicted octanol–water partition coefficient (Wildman–Crippen LogP) is 3.60. The molecule has 0 aliphatic carbocycles. The van der Waals surface area contributed by atoms with Gasteiger partial charge in [-0.05, 0) is 32.4 Å². The molecule has 0 bridgehead atoms. The molecule has 3 nitrogen and oxygen atoms in total. The lowest BCUT2D eigenvalue weighted by Gasteiger charge is -2.14. The Morgan fingerprint density at radius 3 is 2.71 bits per heavy atom. The fourth-order valence-electron chi connectivity index (χ4n) is 1.48. The Balaban J connectivity index is 2.66. The average molecular weight is 235 g/mol. The van der Waals surface area contributed by atoms with Crippen LogP contribution in [0.2, 0.25) is 0 Å². The van der Waals surface area contributed by atoms with Gasteiger partial charge in [-0.3, -0.25) is 4.79 Å². The zero-order valence-corrected chi connectivity index (χ0v) is 10.8. The quantitative estimate of drug-likeness (QED) is 0.818. The Labute approximate surface area is 103 Å². The van der Waals surface area contributed by atoms with Crippen LogP contribution in [0.3, 0.4) is 0 Å². The molecule has 1 rings (SSSR count). The first-order valence-electron chi connectivity index (χ1n) is 6.19. The Morgan fingerprint density at radius 1 is 1.35 bits per heavy atom. The number of rotatable bonds is 6. The maximum Gasteiger partial charge on any atom is 0.224 e. The van der Waals surface area contributed by atoms with E-state index in [-0.39, 0.29) is 12.0 Å². The molecule has 0 aromatic heterocycles. The van der Waals surface area contributed by atoms with E-state index in [0.29, 0.717) is 6.42 Å². The predicted molar refractivity (Wildman–Crippen MR) is 70.4 cm³/mol. The van der Waals surface area contributed by atoms with E-state index in [1.807, 2.05) is 38.1 Å². The van der Waals surface area contributed by atoms with Crippen molar-refractivity contribution in [3.63, 3.8) is 0 Å². The van der Waals surface area contributed by atoms with Crippen molar-refractivity contribution in [1.82, 2.24) is 0 Å². The molecule has 0 spiro atoms. The van der Waals surface area contributed by atoms with Gasteiger partial charge in [-0.1, -0.05) is 25.5 Å².